The molecule has 1 unspecified atom stereocenters. The Morgan fingerprint density at radius 1 is 1.25 bits per heavy atom. The van der Waals surface area contributed by atoms with E-state index in [0.717, 1.165) is 0 Å². The van der Waals surface area contributed by atoms with E-state index in [-0.39, 0.29) is 0 Å². The fourth-order valence-electron chi connectivity index (χ4n) is 2.34. The van der Waals surface area contributed by atoms with E-state index in [4.69, 9.17) is 15.2 Å². The number of carbonyl (C=O) groups is 1. The zero-order valence-corrected chi connectivity index (χ0v) is 12.6. The first-order valence-electron chi connectivity index (χ1n) is 6.42. The SMILES string of the molecule is COc1ccc(C(N)[C@@H](C(=O)O)C(C)(C)C)c(OC)c1. The number of carboxylic acids is 1. The monoisotopic (exact) mass is 281 g/mol. The molecule has 3 N–H and O–H groups in total. The van der Waals surface area contributed by atoms with E-state index in [1.54, 1.807) is 25.3 Å². The zero-order valence-electron chi connectivity index (χ0n) is 12.6. The summed E-state index contributed by atoms with van der Waals surface area (Å²) in [6.07, 6.45) is 0. The van der Waals surface area contributed by atoms with Crippen molar-refractivity contribution in [3.8, 4) is 11.5 Å². The van der Waals surface area contributed by atoms with Crippen molar-refractivity contribution in [1.82, 2.24) is 0 Å². The van der Waals surface area contributed by atoms with Crippen LogP contribution >= 0.6 is 0 Å². The molecule has 20 heavy (non-hydrogen) atoms. The fraction of sp³-hybridized carbons (Fsp3) is 0.533. The number of aliphatic carboxylic acids is 1. The average Bonchev–Trinajstić information content (AvgIpc) is 2.35. The van der Waals surface area contributed by atoms with E-state index < -0.39 is 23.3 Å². The molecule has 0 heterocycles. The van der Waals surface area contributed by atoms with E-state index >= 15 is 0 Å². The van der Waals surface area contributed by atoms with Gasteiger partial charge in [0.15, 0.2) is 0 Å². The molecule has 0 aliphatic carbocycles. The van der Waals surface area contributed by atoms with Crippen molar-refractivity contribution in [3.63, 3.8) is 0 Å². The van der Waals surface area contributed by atoms with E-state index in [1.165, 1.54) is 7.11 Å². The van der Waals surface area contributed by atoms with Crippen LogP contribution in [0.15, 0.2) is 18.2 Å². The van der Waals surface area contributed by atoms with Crippen molar-refractivity contribution in [1.29, 1.82) is 0 Å². The lowest BCUT2D eigenvalue weighted by molar-refractivity contribution is -0.146. The van der Waals surface area contributed by atoms with Gasteiger partial charge in [-0.15, -0.1) is 0 Å². The molecule has 0 aliphatic rings. The van der Waals surface area contributed by atoms with Crippen LogP contribution in [0.3, 0.4) is 0 Å². The van der Waals surface area contributed by atoms with Crippen molar-refractivity contribution in [2.45, 2.75) is 26.8 Å². The molecular formula is C15H23NO4. The number of hydrogen-bond donors (Lipinski definition) is 2. The van der Waals surface area contributed by atoms with Gasteiger partial charge in [0.2, 0.25) is 0 Å². The third kappa shape index (κ3) is 3.42. The minimum Gasteiger partial charge on any atom is -0.497 e. The molecule has 0 spiro atoms. The standard InChI is InChI=1S/C15H23NO4/c1-15(2,3)12(14(17)18)13(16)10-7-6-9(19-4)8-11(10)20-5/h6-8,12-13H,16H2,1-5H3,(H,17,18)/t12-,13?/m0/s1. The fourth-order valence-corrected chi connectivity index (χ4v) is 2.34. The summed E-state index contributed by atoms with van der Waals surface area (Å²) in [6.45, 7) is 5.59. The Morgan fingerprint density at radius 2 is 1.85 bits per heavy atom. The first-order valence-corrected chi connectivity index (χ1v) is 6.42. The van der Waals surface area contributed by atoms with Crippen molar-refractivity contribution in [2.75, 3.05) is 14.2 Å². The van der Waals surface area contributed by atoms with Crippen molar-refractivity contribution < 1.29 is 19.4 Å². The van der Waals surface area contributed by atoms with Crippen LogP contribution in [-0.2, 0) is 4.79 Å². The second-order valence-corrected chi connectivity index (χ2v) is 5.82. The van der Waals surface area contributed by atoms with Crippen LogP contribution in [0.1, 0.15) is 32.4 Å². The summed E-state index contributed by atoms with van der Waals surface area (Å²) in [7, 11) is 3.08. The summed E-state index contributed by atoms with van der Waals surface area (Å²) in [4.78, 5) is 11.5. The lowest BCUT2D eigenvalue weighted by Gasteiger charge is -2.32. The maximum atomic E-state index is 11.5. The molecule has 0 aromatic heterocycles. The Morgan fingerprint density at radius 3 is 2.25 bits per heavy atom. The van der Waals surface area contributed by atoms with Gasteiger partial charge in [0.05, 0.1) is 20.1 Å². The van der Waals surface area contributed by atoms with Crippen LogP contribution in [0.25, 0.3) is 0 Å². The Balaban J connectivity index is 3.25. The normalized spacial score (nSPS) is 14.5. The molecule has 0 fully saturated rings. The van der Waals surface area contributed by atoms with Gasteiger partial charge in [0.25, 0.3) is 0 Å². The lowest BCUT2D eigenvalue weighted by Crippen LogP contribution is -2.38. The molecule has 112 valence electrons. The highest BCUT2D eigenvalue weighted by Gasteiger charge is 2.38. The van der Waals surface area contributed by atoms with Gasteiger partial charge < -0.3 is 20.3 Å². The minimum atomic E-state index is -0.914. The van der Waals surface area contributed by atoms with Crippen molar-refractivity contribution in [3.05, 3.63) is 23.8 Å². The summed E-state index contributed by atoms with van der Waals surface area (Å²) in [5, 5.41) is 9.46. The van der Waals surface area contributed by atoms with E-state index in [2.05, 4.69) is 0 Å². The maximum absolute atomic E-state index is 11.5. The van der Waals surface area contributed by atoms with Crippen LogP contribution < -0.4 is 15.2 Å². The summed E-state index contributed by atoms with van der Waals surface area (Å²) < 4.78 is 10.4. The Kier molecular flexibility index (Phi) is 5.00. The van der Waals surface area contributed by atoms with Gasteiger partial charge in [-0.2, -0.15) is 0 Å². The summed E-state index contributed by atoms with van der Waals surface area (Å²) in [5.41, 5.74) is 6.39. The Bertz CT molecular complexity index is 479. The van der Waals surface area contributed by atoms with E-state index in [9.17, 15) is 9.90 Å². The van der Waals surface area contributed by atoms with Gasteiger partial charge >= 0.3 is 5.97 Å². The van der Waals surface area contributed by atoms with E-state index in [0.29, 0.717) is 17.1 Å². The largest absolute Gasteiger partial charge is 0.497 e. The first-order chi connectivity index (χ1) is 9.22. The predicted molar refractivity (Wildman–Crippen MR) is 77.1 cm³/mol. The number of benzene rings is 1. The van der Waals surface area contributed by atoms with Gasteiger partial charge in [-0.25, -0.2) is 0 Å². The topological polar surface area (TPSA) is 81.8 Å². The average molecular weight is 281 g/mol. The smallest absolute Gasteiger partial charge is 0.308 e. The highest BCUT2D eigenvalue weighted by molar-refractivity contribution is 5.72. The van der Waals surface area contributed by atoms with Crippen LogP contribution in [0, 0.1) is 11.3 Å². The van der Waals surface area contributed by atoms with Crippen LogP contribution in [0.5, 0.6) is 11.5 Å². The van der Waals surface area contributed by atoms with Gasteiger partial charge in [-0.05, 0) is 11.5 Å². The van der Waals surface area contributed by atoms with Gasteiger partial charge in [-0.1, -0.05) is 26.8 Å². The molecule has 0 saturated carbocycles. The molecule has 0 saturated heterocycles. The number of ether oxygens (including phenoxy) is 2. The predicted octanol–water partition coefficient (Wildman–Crippen LogP) is 2.45. The summed E-state index contributed by atoms with van der Waals surface area (Å²) in [5.74, 6) is -0.458. The molecule has 2 atom stereocenters. The molecule has 0 amide bonds. The molecule has 0 radical (unpaired) electrons. The lowest BCUT2D eigenvalue weighted by atomic mass is 9.74. The number of rotatable bonds is 5. The number of methoxy groups -OCH3 is 2. The number of carboxylic acid groups (broad SMARTS) is 1. The Labute approximate surface area is 119 Å². The molecule has 0 aliphatic heterocycles. The van der Waals surface area contributed by atoms with Crippen LogP contribution in [0.2, 0.25) is 0 Å². The second kappa shape index (κ2) is 6.13. The van der Waals surface area contributed by atoms with Gasteiger partial charge in [-0.3, -0.25) is 4.79 Å². The number of hydrogen-bond acceptors (Lipinski definition) is 4. The molecular weight excluding hydrogens is 258 g/mol. The molecule has 0 bridgehead atoms. The summed E-state index contributed by atoms with van der Waals surface area (Å²) in [6, 6.07) is 4.55. The molecule has 1 rings (SSSR count). The Hall–Kier alpha value is -1.75. The molecule has 5 nitrogen and oxygen atoms in total. The van der Waals surface area contributed by atoms with Crippen LogP contribution in [0.4, 0.5) is 0 Å². The molecule has 5 heteroatoms. The van der Waals surface area contributed by atoms with E-state index in [1.807, 2.05) is 20.8 Å². The highest BCUT2D eigenvalue weighted by Crippen LogP contribution is 2.39. The maximum Gasteiger partial charge on any atom is 0.308 e. The van der Waals surface area contributed by atoms with Crippen molar-refractivity contribution in [2.24, 2.45) is 17.1 Å². The van der Waals surface area contributed by atoms with Gasteiger partial charge in [0, 0.05) is 17.7 Å². The minimum absolute atomic E-state index is 0.462. The third-order valence-corrected chi connectivity index (χ3v) is 3.36. The summed E-state index contributed by atoms with van der Waals surface area (Å²) >= 11 is 0. The third-order valence-electron chi connectivity index (χ3n) is 3.36. The van der Waals surface area contributed by atoms with Gasteiger partial charge in [0.1, 0.15) is 11.5 Å². The van der Waals surface area contributed by atoms with Crippen molar-refractivity contribution >= 4 is 5.97 Å². The molecule has 1 aromatic carbocycles. The second-order valence-electron chi connectivity index (χ2n) is 5.82. The van der Waals surface area contributed by atoms with Crippen LogP contribution in [-0.4, -0.2) is 25.3 Å². The molecule has 1 aromatic rings. The number of nitrogens with two attached hydrogens (primary N) is 1. The highest BCUT2D eigenvalue weighted by atomic mass is 16.5. The quantitative estimate of drug-likeness (QED) is 0.866. The first kappa shape index (κ1) is 16.3. The zero-order chi connectivity index (χ0) is 15.5.